The topological polar surface area (TPSA) is 29.5 Å². The van der Waals surface area contributed by atoms with Crippen molar-refractivity contribution in [3.8, 4) is 0 Å². The Balaban J connectivity index is 2.40. The summed E-state index contributed by atoms with van der Waals surface area (Å²) in [6.45, 7) is 0.644. The second-order valence-corrected chi connectivity index (χ2v) is 4.64. The average Bonchev–Trinajstić information content (AvgIpc) is 2.29. The maximum Gasteiger partial charge on any atom is 0.416 e. The number of amides is 1. The Morgan fingerprint density at radius 3 is 2.67 bits per heavy atom. The second kappa shape index (κ2) is 4.79. The highest BCUT2D eigenvalue weighted by Crippen LogP contribution is 2.36. The first-order valence-corrected chi connectivity index (χ1v) is 6.00. The van der Waals surface area contributed by atoms with E-state index < -0.39 is 17.8 Å². The third-order valence-electron chi connectivity index (χ3n) is 2.54. The first-order chi connectivity index (χ1) is 8.39. The number of carbonyl (C=O) groups is 1. The van der Waals surface area contributed by atoms with Crippen molar-refractivity contribution in [3.63, 3.8) is 0 Å². The molecule has 0 unspecified atom stereocenters. The molecule has 1 aliphatic heterocycles. The SMILES string of the molecule is O=C1OCCCN1c1cc(C(F)(F)F)ccc1Br. The van der Waals surface area contributed by atoms with Gasteiger partial charge >= 0.3 is 12.3 Å². The Labute approximate surface area is 110 Å². The number of alkyl halides is 3. The number of hydrogen-bond donors (Lipinski definition) is 0. The third-order valence-corrected chi connectivity index (χ3v) is 3.21. The van der Waals surface area contributed by atoms with Crippen LogP contribution >= 0.6 is 15.9 Å². The first-order valence-electron chi connectivity index (χ1n) is 5.20. The molecule has 0 N–H and O–H groups in total. The van der Waals surface area contributed by atoms with E-state index in [1.54, 1.807) is 0 Å². The van der Waals surface area contributed by atoms with Gasteiger partial charge in [-0.25, -0.2) is 4.79 Å². The van der Waals surface area contributed by atoms with Crippen LogP contribution in [0.4, 0.5) is 23.7 Å². The minimum Gasteiger partial charge on any atom is -0.449 e. The summed E-state index contributed by atoms with van der Waals surface area (Å²) in [5.41, 5.74) is -0.617. The van der Waals surface area contributed by atoms with Crippen LogP contribution < -0.4 is 4.90 Å². The van der Waals surface area contributed by atoms with Gasteiger partial charge in [0.2, 0.25) is 0 Å². The van der Waals surface area contributed by atoms with Crippen LogP contribution in [0.1, 0.15) is 12.0 Å². The number of rotatable bonds is 1. The van der Waals surface area contributed by atoms with Crippen LogP contribution in [0.3, 0.4) is 0 Å². The van der Waals surface area contributed by atoms with Crippen molar-refractivity contribution < 1.29 is 22.7 Å². The van der Waals surface area contributed by atoms with E-state index in [0.29, 0.717) is 24.0 Å². The lowest BCUT2D eigenvalue weighted by molar-refractivity contribution is -0.137. The maximum atomic E-state index is 12.6. The zero-order valence-electron chi connectivity index (χ0n) is 9.13. The molecule has 1 aromatic carbocycles. The molecular weight excluding hydrogens is 315 g/mol. The van der Waals surface area contributed by atoms with Gasteiger partial charge in [0.15, 0.2) is 0 Å². The van der Waals surface area contributed by atoms with Gasteiger partial charge in [-0.2, -0.15) is 13.2 Å². The number of nitrogens with zero attached hydrogens (tertiary/aromatic N) is 1. The highest BCUT2D eigenvalue weighted by Gasteiger charge is 2.32. The van der Waals surface area contributed by atoms with Crippen molar-refractivity contribution in [1.82, 2.24) is 0 Å². The summed E-state index contributed by atoms with van der Waals surface area (Å²) in [7, 11) is 0. The van der Waals surface area contributed by atoms with Crippen molar-refractivity contribution in [2.24, 2.45) is 0 Å². The molecule has 1 fully saturated rings. The fourth-order valence-corrected chi connectivity index (χ4v) is 2.13. The molecule has 0 radical (unpaired) electrons. The number of cyclic esters (lactones) is 1. The quantitative estimate of drug-likeness (QED) is 0.786. The minimum atomic E-state index is -4.44. The van der Waals surface area contributed by atoms with Gasteiger partial charge in [-0.05, 0) is 40.5 Å². The smallest absolute Gasteiger partial charge is 0.416 e. The summed E-state index contributed by atoms with van der Waals surface area (Å²) in [5.74, 6) is 0. The monoisotopic (exact) mass is 323 g/mol. The molecule has 7 heteroatoms. The fraction of sp³-hybridized carbons (Fsp3) is 0.364. The normalized spacial score (nSPS) is 16.7. The van der Waals surface area contributed by atoms with Crippen LogP contribution in [-0.4, -0.2) is 19.2 Å². The average molecular weight is 324 g/mol. The Hall–Kier alpha value is -1.24. The Morgan fingerprint density at radius 1 is 1.33 bits per heavy atom. The molecule has 0 saturated carbocycles. The van der Waals surface area contributed by atoms with Crippen molar-refractivity contribution >= 4 is 27.7 Å². The molecule has 0 aliphatic carbocycles. The van der Waals surface area contributed by atoms with E-state index in [2.05, 4.69) is 15.9 Å². The van der Waals surface area contributed by atoms with Crippen LogP contribution in [0.15, 0.2) is 22.7 Å². The Bertz CT molecular complexity index is 476. The number of anilines is 1. The van der Waals surface area contributed by atoms with Crippen LogP contribution in [0, 0.1) is 0 Å². The van der Waals surface area contributed by atoms with Gasteiger partial charge in [-0.3, -0.25) is 4.90 Å². The molecule has 18 heavy (non-hydrogen) atoms. The number of benzene rings is 1. The molecule has 98 valence electrons. The molecule has 1 saturated heterocycles. The van der Waals surface area contributed by atoms with Crippen molar-refractivity contribution in [2.45, 2.75) is 12.6 Å². The first kappa shape index (κ1) is 13.2. The molecule has 1 aliphatic rings. The Kier molecular flexibility index (Phi) is 3.52. The molecule has 0 bridgehead atoms. The van der Waals surface area contributed by atoms with E-state index in [1.165, 1.54) is 11.0 Å². The molecule has 0 aromatic heterocycles. The lowest BCUT2D eigenvalue weighted by Gasteiger charge is -2.27. The van der Waals surface area contributed by atoms with Gasteiger partial charge < -0.3 is 4.74 Å². The number of ether oxygens (including phenoxy) is 1. The molecular formula is C11H9BrF3NO2. The third kappa shape index (κ3) is 2.60. The van der Waals surface area contributed by atoms with Gasteiger partial charge in [-0.15, -0.1) is 0 Å². The second-order valence-electron chi connectivity index (χ2n) is 3.78. The molecule has 0 spiro atoms. The predicted molar refractivity (Wildman–Crippen MR) is 62.5 cm³/mol. The zero-order valence-corrected chi connectivity index (χ0v) is 10.7. The molecule has 1 aromatic rings. The number of carbonyl (C=O) groups excluding carboxylic acids is 1. The highest BCUT2D eigenvalue weighted by molar-refractivity contribution is 9.10. The maximum absolute atomic E-state index is 12.6. The number of hydrogen-bond acceptors (Lipinski definition) is 2. The largest absolute Gasteiger partial charge is 0.449 e. The summed E-state index contributed by atoms with van der Waals surface area (Å²) < 4.78 is 43.1. The molecule has 2 rings (SSSR count). The summed E-state index contributed by atoms with van der Waals surface area (Å²) in [5, 5.41) is 0. The van der Waals surface area contributed by atoms with E-state index in [0.717, 1.165) is 12.1 Å². The molecule has 3 nitrogen and oxygen atoms in total. The molecule has 1 amide bonds. The van der Waals surface area contributed by atoms with Gasteiger partial charge in [0.1, 0.15) is 0 Å². The van der Waals surface area contributed by atoms with E-state index in [4.69, 9.17) is 4.74 Å². The van der Waals surface area contributed by atoms with E-state index in [-0.39, 0.29) is 5.69 Å². The fourth-order valence-electron chi connectivity index (χ4n) is 1.67. The summed E-state index contributed by atoms with van der Waals surface area (Å²) in [4.78, 5) is 12.7. The van der Waals surface area contributed by atoms with Gasteiger partial charge in [-0.1, -0.05) is 0 Å². The van der Waals surface area contributed by atoms with Gasteiger partial charge in [0.25, 0.3) is 0 Å². The van der Waals surface area contributed by atoms with E-state index >= 15 is 0 Å². The predicted octanol–water partition coefficient (Wildman–Crippen LogP) is 3.81. The van der Waals surface area contributed by atoms with Gasteiger partial charge in [0, 0.05) is 11.0 Å². The van der Waals surface area contributed by atoms with Crippen LogP contribution in [0.25, 0.3) is 0 Å². The van der Waals surface area contributed by atoms with Crippen molar-refractivity contribution in [1.29, 1.82) is 0 Å². The summed E-state index contributed by atoms with van der Waals surface area (Å²) >= 11 is 3.14. The zero-order chi connectivity index (χ0) is 13.3. The summed E-state index contributed by atoms with van der Waals surface area (Å²) in [6, 6.07) is 3.18. The summed E-state index contributed by atoms with van der Waals surface area (Å²) in [6.07, 6.45) is -4.47. The number of halogens is 4. The van der Waals surface area contributed by atoms with E-state index in [9.17, 15) is 18.0 Å². The van der Waals surface area contributed by atoms with Gasteiger partial charge in [0.05, 0.1) is 17.9 Å². The van der Waals surface area contributed by atoms with Crippen molar-refractivity contribution in [2.75, 3.05) is 18.1 Å². The highest BCUT2D eigenvalue weighted by atomic mass is 79.9. The van der Waals surface area contributed by atoms with Crippen LogP contribution in [0.5, 0.6) is 0 Å². The lowest BCUT2D eigenvalue weighted by Crippen LogP contribution is -2.38. The van der Waals surface area contributed by atoms with Crippen LogP contribution in [0.2, 0.25) is 0 Å². The van der Waals surface area contributed by atoms with Crippen LogP contribution in [-0.2, 0) is 10.9 Å². The molecule has 0 atom stereocenters. The Morgan fingerprint density at radius 2 is 2.06 bits per heavy atom. The minimum absolute atomic E-state index is 0.175. The standard InChI is InChI=1S/C11H9BrF3NO2/c12-8-3-2-7(11(13,14)15)6-9(8)16-4-1-5-18-10(16)17/h2-3,6H,1,4-5H2. The van der Waals surface area contributed by atoms with Crippen molar-refractivity contribution in [3.05, 3.63) is 28.2 Å². The molecule has 1 heterocycles. The van der Waals surface area contributed by atoms with E-state index in [1.807, 2.05) is 0 Å². The lowest BCUT2D eigenvalue weighted by atomic mass is 10.1.